The van der Waals surface area contributed by atoms with E-state index in [0.717, 1.165) is 5.75 Å². The number of carbonyl (C=O) groups excluding carboxylic acids is 1. The SMILES string of the molecule is CC[C@@H](Oc1ccccc1)C(=O)OC[C@H]1CCCN2CCCC[C@H]12. The normalized spacial score (nSPS) is 25.5. The van der Waals surface area contributed by atoms with Gasteiger partial charge in [-0.2, -0.15) is 0 Å². The van der Waals surface area contributed by atoms with Gasteiger partial charge in [0.25, 0.3) is 0 Å². The Bertz CT molecular complexity index is 517. The summed E-state index contributed by atoms with van der Waals surface area (Å²) in [5, 5.41) is 0. The van der Waals surface area contributed by atoms with Gasteiger partial charge in [0.05, 0.1) is 6.61 Å². The molecule has 0 unspecified atom stereocenters. The van der Waals surface area contributed by atoms with Crippen molar-refractivity contribution in [2.75, 3.05) is 19.7 Å². The predicted molar refractivity (Wildman–Crippen MR) is 94.0 cm³/mol. The zero-order chi connectivity index (χ0) is 16.8. The number of para-hydroxylation sites is 1. The van der Waals surface area contributed by atoms with Crippen molar-refractivity contribution in [1.82, 2.24) is 4.90 Å². The molecule has 0 amide bonds. The molecule has 2 saturated heterocycles. The standard InChI is InChI=1S/C20H29NO3/c1-2-19(24-17-10-4-3-5-11-17)20(22)23-15-16-9-8-14-21-13-7-6-12-18(16)21/h3-5,10-11,16,18-19H,2,6-9,12-15H2,1H3/t16-,18-,19-/m1/s1. The van der Waals surface area contributed by atoms with Gasteiger partial charge in [0.15, 0.2) is 6.10 Å². The molecular formula is C20H29NO3. The van der Waals surface area contributed by atoms with E-state index < -0.39 is 6.10 Å². The molecule has 0 bridgehead atoms. The van der Waals surface area contributed by atoms with Crippen LogP contribution in [0.15, 0.2) is 30.3 Å². The molecule has 2 fully saturated rings. The third-order valence-electron chi connectivity index (χ3n) is 5.32. The van der Waals surface area contributed by atoms with Crippen LogP contribution in [-0.4, -0.2) is 42.7 Å². The van der Waals surface area contributed by atoms with Crippen molar-refractivity contribution in [3.63, 3.8) is 0 Å². The molecule has 3 rings (SSSR count). The molecular weight excluding hydrogens is 302 g/mol. The molecule has 4 heteroatoms. The summed E-state index contributed by atoms with van der Waals surface area (Å²) < 4.78 is 11.5. The zero-order valence-corrected chi connectivity index (χ0v) is 14.7. The van der Waals surface area contributed by atoms with Gasteiger partial charge in [0.2, 0.25) is 0 Å². The Morgan fingerprint density at radius 3 is 2.75 bits per heavy atom. The van der Waals surface area contributed by atoms with E-state index in [0.29, 0.717) is 25.0 Å². The first-order valence-electron chi connectivity index (χ1n) is 9.40. The van der Waals surface area contributed by atoms with E-state index in [1.165, 1.54) is 45.2 Å². The van der Waals surface area contributed by atoms with Gasteiger partial charge in [-0.3, -0.25) is 4.90 Å². The minimum Gasteiger partial charge on any atom is -0.479 e. The highest BCUT2D eigenvalue weighted by atomic mass is 16.6. The molecule has 2 aliphatic heterocycles. The van der Waals surface area contributed by atoms with Crippen LogP contribution in [-0.2, 0) is 9.53 Å². The Morgan fingerprint density at radius 2 is 1.96 bits per heavy atom. The number of rotatable bonds is 6. The highest BCUT2D eigenvalue weighted by Gasteiger charge is 2.34. The van der Waals surface area contributed by atoms with E-state index in [9.17, 15) is 4.79 Å². The van der Waals surface area contributed by atoms with Crippen LogP contribution in [0.25, 0.3) is 0 Å². The summed E-state index contributed by atoms with van der Waals surface area (Å²) in [7, 11) is 0. The van der Waals surface area contributed by atoms with Crippen molar-refractivity contribution in [2.45, 2.75) is 57.6 Å². The minimum absolute atomic E-state index is 0.228. The first-order valence-corrected chi connectivity index (χ1v) is 9.40. The quantitative estimate of drug-likeness (QED) is 0.746. The van der Waals surface area contributed by atoms with Gasteiger partial charge in [-0.05, 0) is 57.3 Å². The van der Waals surface area contributed by atoms with Gasteiger partial charge in [0, 0.05) is 12.0 Å². The third kappa shape index (κ3) is 4.29. The lowest BCUT2D eigenvalue weighted by molar-refractivity contribution is -0.155. The second-order valence-corrected chi connectivity index (χ2v) is 6.96. The Kier molecular flexibility index (Phi) is 6.13. The number of benzene rings is 1. The number of fused-ring (bicyclic) bond motifs is 1. The zero-order valence-electron chi connectivity index (χ0n) is 14.7. The predicted octanol–water partition coefficient (Wildman–Crippen LogP) is 3.65. The maximum atomic E-state index is 12.4. The van der Waals surface area contributed by atoms with E-state index >= 15 is 0 Å². The van der Waals surface area contributed by atoms with E-state index in [1.54, 1.807) is 0 Å². The molecule has 1 aromatic rings. The first-order chi connectivity index (χ1) is 11.8. The number of hydrogen-bond donors (Lipinski definition) is 0. The summed E-state index contributed by atoms with van der Waals surface area (Å²) in [6, 6.07) is 10.1. The van der Waals surface area contributed by atoms with Gasteiger partial charge in [0.1, 0.15) is 5.75 Å². The lowest BCUT2D eigenvalue weighted by atomic mass is 9.84. The molecule has 4 nitrogen and oxygen atoms in total. The van der Waals surface area contributed by atoms with Gasteiger partial charge in [-0.1, -0.05) is 31.5 Å². The van der Waals surface area contributed by atoms with E-state index in [4.69, 9.17) is 9.47 Å². The fourth-order valence-electron chi connectivity index (χ4n) is 4.02. The molecule has 0 aliphatic carbocycles. The second-order valence-electron chi connectivity index (χ2n) is 6.96. The van der Waals surface area contributed by atoms with Crippen molar-refractivity contribution >= 4 is 5.97 Å². The fraction of sp³-hybridized carbons (Fsp3) is 0.650. The molecule has 2 aliphatic rings. The number of ether oxygens (including phenoxy) is 2. The van der Waals surface area contributed by atoms with E-state index in [-0.39, 0.29) is 5.97 Å². The maximum absolute atomic E-state index is 12.4. The molecule has 0 saturated carbocycles. The molecule has 3 atom stereocenters. The summed E-state index contributed by atoms with van der Waals surface area (Å²) in [6.07, 6.45) is 6.36. The smallest absolute Gasteiger partial charge is 0.347 e. The van der Waals surface area contributed by atoms with Crippen LogP contribution < -0.4 is 4.74 Å². The van der Waals surface area contributed by atoms with Crippen LogP contribution in [0.1, 0.15) is 45.4 Å². The molecule has 2 heterocycles. The fourth-order valence-corrected chi connectivity index (χ4v) is 4.02. The molecule has 1 aromatic carbocycles. The van der Waals surface area contributed by atoms with Gasteiger partial charge in [-0.15, -0.1) is 0 Å². The number of hydrogen-bond acceptors (Lipinski definition) is 4. The van der Waals surface area contributed by atoms with E-state index in [1.807, 2.05) is 37.3 Å². The van der Waals surface area contributed by atoms with Crippen molar-refractivity contribution in [3.8, 4) is 5.75 Å². The van der Waals surface area contributed by atoms with Gasteiger partial charge < -0.3 is 9.47 Å². The summed E-state index contributed by atoms with van der Waals surface area (Å²) >= 11 is 0. The van der Waals surface area contributed by atoms with Crippen LogP contribution in [0.5, 0.6) is 5.75 Å². The van der Waals surface area contributed by atoms with Crippen molar-refractivity contribution in [2.24, 2.45) is 5.92 Å². The molecule has 0 N–H and O–H groups in total. The molecule has 0 aromatic heterocycles. The maximum Gasteiger partial charge on any atom is 0.347 e. The minimum atomic E-state index is -0.515. The summed E-state index contributed by atoms with van der Waals surface area (Å²) in [5.41, 5.74) is 0. The Balaban J connectivity index is 1.51. The molecule has 132 valence electrons. The summed E-state index contributed by atoms with van der Waals surface area (Å²) in [5.74, 6) is 0.976. The number of piperidine rings is 2. The average molecular weight is 331 g/mol. The highest BCUT2D eigenvalue weighted by molar-refractivity contribution is 5.75. The molecule has 0 radical (unpaired) electrons. The topological polar surface area (TPSA) is 38.8 Å². The Labute approximate surface area is 145 Å². The first kappa shape index (κ1) is 17.3. The third-order valence-corrected chi connectivity index (χ3v) is 5.32. The van der Waals surface area contributed by atoms with Crippen LogP contribution >= 0.6 is 0 Å². The highest BCUT2D eigenvalue weighted by Crippen LogP contribution is 2.31. The summed E-state index contributed by atoms with van der Waals surface area (Å²) in [4.78, 5) is 15.0. The lowest BCUT2D eigenvalue weighted by Gasteiger charge is -2.44. The largest absolute Gasteiger partial charge is 0.479 e. The molecule has 24 heavy (non-hydrogen) atoms. The van der Waals surface area contributed by atoms with Gasteiger partial charge in [-0.25, -0.2) is 4.79 Å². The number of esters is 1. The van der Waals surface area contributed by atoms with Crippen molar-refractivity contribution < 1.29 is 14.3 Å². The monoisotopic (exact) mass is 331 g/mol. The van der Waals surface area contributed by atoms with Crippen molar-refractivity contribution in [1.29, 1.82) is 0 Å². The van der Waals surface area contributed by atoms with E-state index in [2.05, 4.69) is 4.90 Å². The van der Waals surface area contributed by atoms with Crippen LogP contribution in [0.3, 0.4) is 0 Å². The van der Waals surface area contributed by atoms with Crippen molar-refractivity contribution in [3.05, 3.63) is 30.3 Å². The number of carbonyl (C=O) groups is 1. The average Bonchev–Trinajstić information content (AvgIpc) is 2.65. The number of nitrogens with zero attached hydrogens (tertiary/aromatic N) is 1. The van der Waals surface area contributed by atoms with Crippen LogP contribution in [0, 0.1) is 5.92 Å². The van der Waals surface area contributed by atoms with Gasteiger partial charge >= 0.3 is 5.97 Å². The Hall–Kier alpha value is -1.55. The Morgan fingerprint density at radius 1 is 1.17 bits per heavy atom. The second kappa shape index (κ2) is 8.52. The van der Waals surface area contributed by atoms with Crippen LogP contribution in [0.2, 0.25) is 0 Å². The van der Waals surface area contributed by atoms with Crippen LogP contribution in [0.4, 0.5) is 0 Å². The molecule has 0 spiro atoms. The summed E-state index contributed by atoms with van der Waals surface area (Å²) in [6.45, 7) is 4.92. The lowest BCUT2D eigenvalue weighted by Crippen LogP contribution is -2.49.